The predicted molar refractivity (Wildman–Crippen MR) is 122 cm³/mol. The summed E-state index contributed by atoms with van der Waals surface area (Å²) >= 11 is 6.55. The molecular weight excluding hydrogens is 448 g/mol. The minimum absolute atomic E-state index is 0.230. The number of fused-ring (bicyclic) bond motifs is 2. The van der Waals surface area contributed by atoms with Gasteiger partial charge in [0.1, 0.15) is 18.3 Å². The third kappa shape index (κ3) is 3.83. The molecule has 3 aromatic rings. The van der Waals surface area contributed by atoms with Crippen LogP contribution in [0.5, 0.6) is 6.01 Å². The first-order valence-electron chi connectivity index (χ1n) is 11.2. The predicted octanol–water partition coefficient (Wildman–Crippen LogP) is 2.00. The molecule has 0 saturated carbocycles. The topological polar surface area (TPSA) is 113 Å². The Morgan fingerprint density at radius 2 is 1.97 bits per heavy atom. The molecule has 33 heavy (non-hydrogen) atoms. The Hall–Kier alpha value is -2.43. The maximum absolute atomic E-state index is 9.90. The van der Waals surface area contributed by atoms with Crippen LogP contribution in [0.4, 0.5) is 5.69 Å². The molecule has 0 amide bonds. The van der Waals surface area contributed by atoms with E-state index in [1.807, 2.05) is 12.1 Å². The van der Waals surface area contributed by atoms with Gasteiger partial charge in [0.25, 0.3) is 6.01 Å². The lowest BCUT2D eigenvalue weighted by atomic mass is 10.1. The van der Waals surface area contributed by atoms with Gasteiger partial charge in [-0.2, -0.15) is 4.98 Å². The number of hydrogen-bond acceptors (Lipinski definition) is 8. The number of pyridine rings is 1. The number of rotatable bonds is 5. The van der Waals surface area contributed by atoms with Gasteiger partial charge in [0.2, 0.25) is 0 Å². The van der Waals surface area contributed by atoms with Crippen LogP contribution in [-0.4, -0.2) is 82.5 Å². The van der Waals surface area contributed by atoms with Gasteiger partial charge in [-0.05, 0) is 24.6 Å². The quantitative estimate of drug-likeness (QED) is 0.517. The van der Waals surface area contributed by atoms with Crippen LogP contribution in [0.3, 0.4) is 0 Å². The maximum atomic E-state index is 9.90. The number of aliphatic hydroxyl groups is 2. The first-order chi connectivity index (χ1) is 16.1. The summed E-state index contributed by atoms with van der Waals surface area (Å²) in [6.45, 7) is 2.62. The van der Waals surface area contributed by atoms with Crippen molar-refractivity contribution in [3.63, 3.8) is 0 Å². The van der Waals surface area contributed by atoms with Crippen molar-refractivity contribution in [2.45, 2.75) is 30.8 Å². The number of ether oxygens (including phenoxy) is 3. The molecule has 3 fully saturated rings. The van der Waals surface area contributed by atoms with E-state index < -0.39 is 6.10 Å². The molecule has 174 valence electrons. The molecule has 1 aromatic carbocycles. The van der Waals surface area contributed by atoms with Gasteiger partial charge in [0.15, 0.2) is 11.8 Å². The Kier molecular flexibility index (Phi) is 5.38. The fourth-order valence-electron chi connectivity index (χ4n) is 4.89. The minimum Gasteiger partial charge on any atom is -0.456 e. The Balaban J connectivity index is 1.21. The van der Waals surface area contributed by atoms with Crippen LogP contribution >= 0.6 is 11.6 Å². The summed E-state index contributed by atoms with van der Waals surface area (Å²) in [7, 11) is 0. The maximum Gasteiger partial charge on any atom is 0.296 e. The van der Waals surface area contributed by atoms with Crippen LogP contribution in [-0.2, 0) is 9.47 Å². The number of benzene rings is 1. The second-order valence-corrected chi connectivity index (χ2v) is 9.29. The highest BCUT2D eigenvalue weighted by atomic mass is 35.5. The standard InChI is InChI=1S/C23H25ClN4O5/c24-15-7-16-22(27-23(25-16)33-18-11-32-20-17(30)10-31-21(18)20)26-19(15)13-1-3-14(4-2-13)28-6-5-12(8-28)9-29/h1-4,7,12,17-18,20-21,29-30H,5-6,8-11H2,(H,25,26,27)/t12-,17+,18+,20+,21+/m0/s1. The molecule has 5 atom stereocenters. The van der Waals surface area contributed by atoms with Crippen molar-refractivity contribution in [2.75, 3.05) is 37.8 Å². The number of imidazole rings is 1. The van der Waals surface area contributed by atoms with Gasteiger partial charge in [-0.15, -0.1) is 0 Å². The normalized spacial score (nSPS) is 29.2. The minimum atomic E-state index is -0.629. The van der Waals surface area contributed by atoms with Crippen LogP contribution in [0.1, 0.15) is 6.42 Å². The molecule has 3 N–H and O–H groups in total. The zero-order chi connectivity index (χ0) is 22.5. The summed E-state index contributed by atoms with van der Waals surface area (Å²) in [6, 6.07) is 10.2. The molecule has 0 aliphatic carbocycles. The molecule has 5 heterocycles. The molecular formula is C23H25ClN4O5. The van der Waals surface area contributed by atoms with E-state index in [4.69, 9.17) is 25.8 Å². The van der Waals surface area contributed by atoms with Gasteiger partial charge >= 0.3 is 0 Å². The smallest absolute Gasteiger partial charge is 0.296 e. The van der Waals surface area contributed by atoms with Gasteiger partial charge < -0.3 is 34.3 Å². The highest BCUT2D eigenvalue weighted by Crippen LogP contribution is 2.33. The molecule has 3 aliphatic heterocycles. The Bertz CT molecular complexity index is 1160. The highest BCUT2D eigenvalue weighted by molar-refractivity contribution is 6.33. The molecule has 0 bridgehead atoms. The van der Waals surface area contributed by atoms with Crippen molar-refractivity contribution in [2.24, 2.45) is 5.92 Å². The molecule has 9 nitrogen and oxygen atoms in total. The summed E-state index contributed by atoms with van der Waals surface area (Å²) in [5.41, 5.74) is 3.84. The van der Waals surface area contributed by atoms with Crippen molar-refractivity contribution >= 4 is 28.5 Å². The number of nitrogens with zero attached hydrogens (tertiary/aromatic N) is 3. The number of aromatic nitrogens is 3. The van der Waals surface area contributed by atoms with Gasteiger partial charge in [0.05, 0.1) is 29.4 Å². The Morgan fingerprint density at radius 1 is 1.15 bits per heavy atom. The first-order valence-corrected chi connectivity index (χ1v) is 11.6. The average molecular weight is 473 g/mol. The summed E-state index contributed by atoms with van der Waals surface area (Å²) in [5.74, 6) is 0.339. The third-order valence-corrected chi connectivity index (χ3v) is 6.99. The van der Waals surface area contributed by atoms with Crippen LogP contribution < -0.4 is 9.64 Å². The summed E-state index contributed by atoms with van der Waals surface area (Å²) in [4.78, 5) is 14.5. The van der Waals surface area contributed by atoms with Crippen molar-refractivity contribution < 1.29 is 24.4 Å². The summed E-state index contributed by atoms with van der Waals surface area (Å²) in [5, 5.41) is 19.8. The van der Waals surface area contributed by atoms with Gasteiger partial charge in [-0.25, -0.2) is 4.98 Å². The van der Waals surface area contributed by atoms with Crippen molar-refractivity contribution in [1.82, 2.24) is 15.0 Å². The fraction of sp³-hybridized carbons (Fsp3) is 0.478. The van der Waals surface area contributed by atoms with Crippen LogP contribution in [0.25, 0.3) is 22.4 Å². The highest BCUT2D eigenvalue weighted by Gasteiger charge is 2.48. The lowest BCUT2D eigenvalue weighted by molar-refractivity contribution is 0.00706. The monoisotopic (exact) mass is 472 g/mol. The number of anilines is 1. The average Bonchev–Trinajstić information content (AvgIpc) is 3.60. The van der Waals surface area contributed by atoms with E-state index in [1.54, 1.807) is 6.07 Å². The van der Waals surface area contributed by atoms with E-state index >= 15 is 0 Å². The van der Waals surface area contributed by atoms with E-state index in [2.05, 4.69) is 32.0 Å². The van der Waals surface area contributed by atoms with E-state index in [0.29, 0.717) is 40.4 Å². The largest absolute Gasteiger partial charge is 0.456 e. The Labute approximate surface area is 195 Å². The molecule has 3 aliphatic rings. The van der Waals surface area contributed by atoms with Crippen molar-refractivity contribution in [1.29, 1.82) is 0 Å². The molecule has 3 saturated heterocycles. The summed E-state index contributed by atoms with van der Waals surface area (Å²) in [6.07, 6.45) is -0.660. The van der Waals surface area contributed by atoms with Crippen molar-refractivity contribution in [3.8, 4) is 17.3 Å². The number of aliphatic hydroxyl groups excluding tert-OH is 2. The van der Waals surface area contributed by atoms with Crippen LogP contribution in [0.15, 0.2) is 30.3 Å². The summed E-state index contributed by atoms with van der Waals surface area (Å²) < 4.78 is 17.2. The molecule has 0 unspecified atom stereocenters. The van der Waals surface area contributed by atoms with Crippen molar-refractivity contribution in [3.05, 3.63) is 35.4 Å². The molecule has 0 spiro atoms. The number of hydrogen-bond donors (Lipinski definition) is 3. The number of H-pyrrole nitrogens is 1. The lowest BCUT2D eigenvalue weighted by Gasteiger charge is -2.18. The molecule has 2 aromatic heterocycles. The molecule has 0 radical (unpaired) electrons. The van der Waals surface area contributed by atoms with Gasteiger partial charge in [-0.1, -0.05) is 23.7 Å². The van der Waals surface area contributed by atoms with E-state index in [9.17, 15) is 10.2 Å². The van der Waals surface area contributed by atoms with E-state index in [1.165, 1.54) is 0 Å². The van der Waals surface area contributed by atoms with Crippen LogP contribution in [0, 0.1) is 5.92 Å². The van der Waals surface area contributed by atoms with Crippen LogP contribution in [0.2, 0.25) is 5.02 Å². The Morgan fingerprint density at radius 3 is 2.76 bits per heavy atom. The fourth-order valence-corrected chi connectivity index (χ4v) is 5.15. The zero-order valence-corrected chi connectivity index (χ0v) is 18.6. The zero-order valence-electron chi connectivity index (χ0n) is 17.9. The number of nitrogens with one attached hydrogen (secondary N) is 1. The third-order valence-electron chi connectivity index (χ3n) is 6.70. The second kappa shape index (κ2) is 8.41. The lowest BCUT2D eigenvalue weighted by Crippen LogP contribution is -2.34. The first kappa shape index (κ1) is 21.1. The number of aromatic amines is 1. The molecule has 6 rings (SSSR count). The van der Waals surface area contributed by atoms with Gasteiger partial charge in [0, 0.05) is 36.9 Å². The number of halogens is 1. The second-order valence-electron chi connectivity index (χ2n) is 8.88. The molecule has 10 heteroatoms. The van der Waals surface area contributed by atoms with Gasteiger partial charge in [-0.3, -0.25) is 0 Å². The van der Waals surface area contributed by atoms with E-state index in [0.717, 1.165) is 30.8 Å². The van der Waals surface area contributed by atoms with E-state index in [-0.39, 0.29) is 31.5 Å². The SMILES string of the molecule is OC[C@H]1CCN(c2ccc(-c3nc4nc(O[C@@H]5CO[C@H]6[C@@H]5OC[C@H]6O)[nH]c4cc3Cl)cc2)C1.